The van der Waals surface area contributed by atoms with E-state index >= 15 is 0 Å². The van der Waals surface area contributed by atoms with Crippen molar-refractivity contribution in [3.63, 3.8) is 0 Å². The predicted molar refractivity (Wildman–Crippen MR) is 82.2 cm³/mol. The van der Waals surface area contributed by atoms with Crippen molar-refractivity contribution in [1.82, 2.24) is 15.4 Å². The molecule has 0 aliphatic carbocycles. The topological polar surface area (TPSA) is 109 Å². The lowest BCUT2D eigenvalue weighted by Gasteiger charge is -2.18. The monoisotopic (exact) mass is 329 g/mol. The third kappa shape index (κ3) is 2.98. The van der Waals surface area contributed by atoms with Gasteiger partial charge in [0.1, 0.15) is 6.04 Å². The van der Waals surface area contributed by atoms with Gasteiger partial charge in [-0.3, -0.25) is 14.4 Å². The minimum Gasteiger partial charge on any atom is -0.361 e. The molecule has 1 atom stereocenters. The highest BCUT2D eigenvalue weighted by Gasteiger charge is 2.35. The summed E-state index contributed by atoms with van der Waals surface area (Å²) in [4.78, 5) is 54.0. The molecule has 8 heteroatoms. The Morgan fingerprint density at radius 1 is 1.29 bits per heavy atom. The van der Waals surface area contributed by atoms with Crippen LogP contribution >= 0.6 is 0 Å². The number of amides is 3. The number of aromatic amines is 1. The number of H-pyrrole nitrogens is 1. The van der Waals surface area contributed by atoms with Crippen molar-refractivity contribution in [2.45, 2.75) is 25.3 Å². The Morgan fingerprint density at radius 3 is 2.71 bits per heavy atom. The molecule has 0 unspecified atom stereocenters. The van der Waals surface area contributed by atoms with E-state index in [0.29, 0.717) is 11.5 Å². The normalized spacial score (nSPS) is 15.6. The van der Waals surface area contributed by atoms with Gasteiger partial charge in [-0.05, 0) is 11.6 Å². The number of hydrogen-bond acceptors (Lipinski definition) is 5. The number of para-hydroxylation sites is 1. The van der Waals surface area contributed by atoms with Crippen molar-refractivity contribution in [3.8, 4) is 0 Å². The van der Waals surface area contributed by atoms with Gasteiger partial charge in [-0.2, -0.15) is 0 Å². The number of nitrogens with one attached hydrogen (secondary N) is 2. The second-order valence-corrected chi connectivity index (χ2v) is 5.39. The van der Waals surface area contributed by atoms with Crippen molar-refractivity contribution >= 4 is 35.1 Å². The summed E-state index contributed by atoms with van der Waals surface area (Å²) in [6.07, 6.45) is 2.32. The van der Waals surface area contributed by atoms with Gasteiger partial charge < -0.3 is 15.1 Å². The van der Waals surface area contributed by atoms with E-state index in [4.69, 9.17) is 4.84 Å². The van der Waals surface area contributed by atoms with E-state index in [0.717, 1.165) is 16.5 Å². The lowest BCUT2D eigenvalue weighted by molar-refractivity contribution is -0.198. The summed E-state index contributed by atoms with van der Waals surface area (Å²) in [6.45, 7) is 0. The van der Waals surface area contributed by atoms with Crippen LogP contribution in [0.5, 0.6) is 0 Å². The number of imide groups is 1. The van der Waals surface area contributed by atoms with Crippen molar-refractivity contribution in [3.05, 3.63) is 36.0 Å². The van der Waals surface area contributed by atoms with Crippen LogP contribution < -0.4 is 5.32 Å². The molecular weight excluding hydrogens is 314 g/mol. The molecule has 0 bridgehead atoms. The van der Waals surface area contributed by atoms with Crippen LogP contribution in [0.25, 0.3) is 10.9 Å². The maximum atomic E-state index is 12.2. The molecule has 1 aliphatic heterocycles. The average molecular weight is 329 g/mol. The Balaban J connectivity index is 1.76. The first-order valence-corrected chi connectivity index (χ1v) is 7.42. The van der Waals surface area contributed by atoms with Crippen molar-refractivity contribution < 1.29 is 24.0 Å². The highest BCUT2D eigenvalue weighted by molar-refractivity contribution is 6.01. The van der Waals surface area contributed by atoms with Crippen molar-refractivity contribution in [2.24, 2.45) is 0 Å². The molecule has 2 heterocycles. The summed E-state index contributed by atoms with van der Waals surface area (Å²) in [5.41, 5.74) is 1.71. The van der Waals surface area contributed by atoms with Gasteiger partial charge in [0.05, 0.1) is 0 Å². The summed E-state index contributed by atoms with van der Waals surface area (Å²) in [6, 6.07) is 6.51. The van der Waals surface area contributed by atoms with E-state index in [-0.39, 0.29) is 19.3 Å². The first kappa shape index (κ1) is 15.7. The zero-order valence-corrected chi connectivity index (χ0v) is 12.7. The Hall–Kier alpha value is -3.16. The molecule has 24 heavy (non-hydrogen) atoms. The van der Waals surface area contributed by atoms with Gasteiger partial charge in [-0.1, -0.05) is 18.2 Å². The van der Waals surface area contributed by atoms with Crippen LogP contribution in [0.15, 0.2) is 30.5 Å². The van der Waals surface area contributed by atoms with Crippen LogP contribution in [0.4, 0.5) is 0 Å². The standard InChI is InChI=1S/C16H15N3O5/c20-9-18-13(16(23)24-19-14(21)5-6-15(19)22)7-10-8-17-12-4-2-1-3-11(10)12/h1-4,8-9,13,17H,5-7H2,(H,18,20)/t13-/m0/s1. The maximum Gasteiger partial charge on any atom is 0.355 e. The lowest BCUT2D eigenvalue weighted by atomic mass is 10.1. The van der Waals surface area contributed by atoms with Gasteiger partial charge in [-0.15, -0.1) is 5.06 Å². The summed E-state index contributed by atoms with van der Waals surface area (Å²) < 4.78 is 0. The van der Waals surface area contributed by atoms with Crippen LogP contribution in [0.3, 0.4) is 0 Å². The number of rotatable bonds is 6. The third-order valence-corrected chi connectivity index (χ3v) is 3.84. The Kier molecular flexibility index (Phi) is 4.28. The Labute approximate surface area is 136 Å². The quantitative estimate of drug-likeness (QED) is 0.590. The molecule has 0 radical (unpaired) electrons. The number of benzene rings is 1. The van der Waals surface area contributed by atoms with Gasteiger partial charge in [0.25, 0.3) is 11.8 Å². The smallest absolute Gasteiger partial charge is 0.355 e. The lowest BCUT2D eigenvalue weighted by Crippen LogP contribution is -2.43. The van der Waals surface area contributed by atoms with Crippen molar-refractivity contribution in [1.29, 1.82) is 0 Å². The van der Waals surface area contributed by atoms with Crippen LogP contribution in [0, 0.1) is 0 Å². The number of fused-ring (bicyclic) bond motifs is 1. The Bertz CT molecular complexity index is 797. The molecule has 1 aliphatic rings. The number of carbonyl (C=O) groups excluding carboxylic acids is 4. The zero-order chi connectivity index (χ0) is 17.1. The summed E-state index contributed by atoms with van der Waals surface area (Å²) in [7, 11) is 0. The van der Waals surface area contributed by atoms with Crippen LogP contribution in [-0.2, 0) is 30.4 Å². The average Bonchev–Trinajstić information content (AvgIpc) is 3.13. The van der Waals surface area contributed by atoms with Crippen LogP contribution in [-0.4, -0.2) is 40.3 Å². The van der Waals surface area contributed by atoms with Gasteiger partial charge in [-0.25, -0.2) is 4.79 Å². The first-order valence-electron chi connectivity index (χ1n) is 7.42. The number of aromatic nitrogens is 1. The molecule has 8 nitrogen and oxygen atoms in total. The number of hydrogen-bond donors (Lipinski definition) is 2. The molecule has 3 amide bonds. The van der Waals surface area contributed by atoms with Gasteiger partial charge >= 0.3 is 5.97 Å². The SMILES string of the molecule is O=CN[C@@H](Cc1c[nH]c2ccccc12)C(=O)ON1C(=O)CCC1=O. The fourth-order valence-electron chi connectivity index (χ4n) is 2.62. The van der Waals surface area contributed by atoms with E-state index in [1.54, 1.807) is 6.20 Å². The summed E-state index contributed by atoms with van der Waals surface area (Å²) in [5, 5.41) is 3.75. The van der Waals surface area contributed by atoms with E-state index < -0.39 is 23.8 Å². The molecule has 0 saturated carbocycles. The number of hydroxylamine groups is 2. The number of nitrogens with zero attached hydrogens (tertiary/aromatic N) is 1. The minimum absolute atomic E-state index is 0.0142. The van der Waals surface area contributed by atoms with Crippen molar-refractivity contribution in [2.75, 3.05) is 0 Å². The zero-order valence-electron chi connectivity index (χ0n) is 12.7. The van der Waals surface area contributed by atoms with Gasteiger partial charge in [0.2, 0.25) is 6.41 Å². The number of carbonyl (C=O) groups is 4. The van der Waals surface area contributed by atoms with E-state index in [2.05, 4.69) is 10.3 Å². The molecule has 2 N–H and O–H groups in total. The first-order chi connectivity index (χ1) is 11.6. The molecule has 3 rings (SSSR count). The summed E-state index contributed by atoms with van der Waals surface area (Å²) >= 11 is 0. The van der Waals surface area contributed by atoms with E-state index in [1.807, 2.05) is 24.3 Å². The predicted octanol–water partition coefficient (Wildman–Crippen LogP) is 0.432. The fraction of sp³-hybridized carbons (Fsp3) is 0.250. The molecule has 1 aromatic heterocycles. The highest BCUT2D eigenvalue weighted by atomic mass is 16.7. The maximum absolute atomic E-state index is 12.2. The largest absolute Gasteiger partial charge is 0.361 e. The second kappa shape index (κ2) is 6.53. The molecule has 124 valence electrons. The molecule has 2 aromatic rings. The molecule has 0 spiro atoms. The van der Waals surface area contributed by atoms with E-state index in [1.165, 1.54) is 0 Å². The minimum atomic E-state index is -1.01. The van der Waals surface area contributed by atoms with Gasteiger partial charge in [0, 0.05) is 36.4 Å². The van der Waals surface area contributed by atoms with Crippen LogP contribution in [0.2, 0.25) is 0 Å². The third-order valence-electron chi connectivity index (χ3n) is 3.84. The van der Waals surface area contributed by atoms with Crippen LogP contribution in [0.1, 0.15) is 18.4 Å². The summed E-state index contributed by atoms with van der Waals surface area (Å²) in [5.74, 6) is -1.99. The van der Waals surface area contributed by atoms with E-state index in [9.17, 15) is 19.2 Å². The molecule has 1 saturated heterocycles. The highest BCUT2D eigenvalue weighted by Crippen LogP contribution is 2.20. The fourth-order valence-corrected chi connectivity index (χ4v) is 2.62. The van der Waals surface area contributed by atoms with Gasteiger partial charge in [0.15, 0.2) is 0 Å². The molecule has 1 fully saturated rings. The second-order valence-electron chi connectivity index (χ2n) is 5.39. The Morgan fingerprint density at radius 2 is 2.00 bits per heavy atom. The molecule has 1 aromatic carbocycles. The molecular formula is C16H15N3O5.